The largest absolute Gasteiger partial charge is 0.491 e. The number of nitrogens with zero attached hydrogens (tertiary/aromatic N) is 2. The van der Waals surface area contributed by atoms with Crippen LogP contribution in [0.5, 0.6) is 5.75 Å². The molecule has 0 saturated carbocycles. The molecule has 0 bridgehead atoms. The summed E-state index contributed by atoms with van der Waals surface area (Å²) in [5.41, 5.74) is -0.890. The number of likely N-dealkylation sites (N-methyl/N-ethyl adjacent to an activating group) is 1. The summed E-state index contributed by atoms with van der Waals surface area (Å²) in [5, 5.41) is 10.2. The lowest BCUT2D eigenvalue weighted by molar-refractivity contribution is -0.137. The number of aliphatic hydroxyl groups is 1. The van der Waals surface area contributed by atoms with E-state index in [1.807, 2.05) is 27.8 Å². The molecule has 0 amide bonds. The van der Waals surface area contributed by atoms with Gasteiger partial charge in [-0.3, -0.25) is 4.90 Å². The Bertz CT molecular complexity index is 709. The van der Waals surface area contributed by atoms with Crippen LogP contribution in [0.25, 0.3) is 0 Å². The third kappa shape index (κ3) is 7.70. The highest BCUT2D eigenvalue weighted by atomic mass is 19.4. The topological polar surface area (TPSA) is 35.9 Å². The molecule has 156 valence electrons. The van der Waals surface area contributed by atoms with Gasteiger partial charge in [-0.25, -0.2) is 0 Å². The molecule has 1 N–H and O–H groups in total. The zero-order valence-electron chi connectivity index (χ0n) is 16.9. The zero-order chi connectivity index (χ0) is 20.9. The van der Waals surface area contributed by atoms with Crippen molar-refractivity contribution >= 4 is 0 Å². The summed E-state index contributed by atoms with van der Waals surface area (Å²) in [5.74, 6) is 5.78. The van der Waals surface area contributed by atoms with Crippen molar-refractivity contribution in [2.24, 2.45) is 5.41 Å². The molecule has 28 heavy (non-hydrogen) atoms. The van der Waals surface area contributed by atoms with E-state index in [4.69, 9.17) is 4.74 Å². The molecular formula is C21H29F3N2O2. The zero-order valence-corrected chi connectivity index (χ0v) is 16.9. The van der Waals surface area contributed by atoms with Crippen molar-refractivity contribution in [3.05, 3.63) is 29.3 Å². The average Bonchev–Trinajstić information content (AvgIpc) is 2.59. The van der Waals surface area contributed by atoms with Crippen LogP contribution in [0.15, 0.2) is 18.2 Å². The predicted molar refractivity (Wildman–Crippen MR) is 103 cm³/mol. The highest BCUT2D eigenvalue weighted by Gasteiger charge is 2.31. The van der Waals surface area contributed by atoms with E-state index in [1.54, 1.807) is 0 Å². The van der Waals surface area contributed by atoms with Crippen LogP contribution in [0.4, 0.5) is 13.2 Å². The molecule has 1 atom stereocenters. The van der Waals surface area contributed by atoms with Crippen molar-refractivity contribution in [2.75, 3.05) is 46.4 Å². The molecule has 7 heteroatoms. The molecule has 1 unspecified atom stereocenters. The number of piperazine rings is 1. The van der Waals surface area contributed by atoms with Gasteiger partial charge in [-0.05, 0) is 46.0 Å². The van der Waals surface area contributed by atoms with E-state index < -0.39 is 17.8 Å². The molecule has 1 aliphatic heterocycles. The number of benzene rings is 1. The molecule has 1 fully saturated rings. The van der Waals surface area contributed by atoms with Crippen LogP contribution in [0.2, 0.25) is 0 Å². The van der Waals surface area contributed by atoms with E-state index in [2.05, 4.69) is 21.6 Å². The van der Waals surface area contributed by atoms with Gasteiger partial charge in [-0.15, -0.1) is 0 Å². The van der Waals surface area contributed by atoms with Gasteiger partial charge in [-0.2, -0.15) is 13.2 Å². The fourth-order valence-electron chi connectivity index (χ4n) is 2.75. The number of hydrogen-bond donors (Lipinski definition) is 1. The second kappa shape index (κ2) is 9.17. The van der Waals surface area contributed by atoms with E-state index in [0.717, 1.165) is 38.3 Å². The molecule has 1 aliphatic rings. The fraction of sp³-hybridized carbons (Fsp3) is 0.619. The number of hydrogen-bond acceptors (Lipinski definition) is 4. The molecule has 1 aromatic rings. The van der Waals surface area contributed by atoms with Gasteiger partial charge in [0, 0.05) is 43.7 Å². The molecule has 4 nitrogen and oxygen atoms in total. The average molecular weight is 398 g/mol. The molecule has 1 saturated heterocycles. The maximum atomic E-state index is 13.2. The molecule has 1 aromatic carbocycles. The Labute approximate surface area is 165 Å². The van der Waals surface area contributed by atoms with E-state index >= 15 is 0 Å². The minimum absolute atomic E-state index is 0.0606. The minimum Gasteiger partial charge on any atom is -0.491 e. The normalized spacial score (nSPS) is 17.7. The Morgan fingerprint density at radius 2 is 1.75 bits per heavy atom. The predicted octanol–water partition coefficient (Wildman–Crippen LogP) is 3.09. The summed E-state index contributed by atoms with van der Waals surface area (Å²) in [4.78, 5) is 4.34. The van der Waals surface area contributed by atoms with Gasteiger partial charge in [0.05, 0.1) is 5.56 Å². The Morgan fingerprint density at radius 1 is 1.11 bits per heavy atom. The standard InChI is InChI=1S/C21H29F3N2O2/c1-20(2,3)6-5-16-11-17(21(22,23)24)13-19(12-16)28-15-18(27)14-26-9-7-25(4)8-10-26/h11-13,18,27H,7-10,14-15H2,1-4H3. The number of β-amino-alcohol motifs (C(OH)–C–C–N with tert-alkyl or cyclic N) is 1. The summed E-state index contributed by atoms with van der Waals surface area (Å²) < 4.78 is 45.1. The SMILES string of the molecule is CN1CCN(CC(O)COc2cc(C#CC(C)(C)C)cc(C(F)(F)F)c2)CC1. The molecule has 1 heterocycles. The molecule has 0 aromatic heterocycles. The van der Waals surface area contributed by atoms with Gasteiger partial charge >= 0.3 is 6.18 Å². The molecular weight excluding hydrogens is 369 g/mol. The highest BCUT2D eigenvalue weighted by Crippen LogP contribution is 2.32. The van der Waals surface area contributed by atoms with Crippen LogP contribution >= 0.6 is 0 Å². The summed E-state index contributed by atoms with van der Waals surface area (Å²) in [6, 6.07) is 3.45. The van der Waals surface area contributed by atoms with Crippen molar-refractivity contribution in [1.29, 1.82) is 0 Å². The Balaban J connectivity index is 2.05. The van der Waals surface area contributed by atoms with Crippen molar-refractivity contribution < 1.29 is 23.0 Å². The number of halogens is 3. The molecule has 2 rings (SSSR count). The first kappa shape index (κ1) is 22.5. The van der Waals surface area contributed by atoms with Gasteiger partial charge in [0.1, 0.15) is 18.5 Å². The molecule has 0 radical (unpaired) electrons. The molecule has 0 aliphatic carbocycles. The summed E-state index contributed by atoms with van der Waals surface area (Å²) in [7, 11) is 2.05. The first-order valence-corrected chi connectivity index (χ1v) is 9.39. The fourth-order valence-corrected chi connectivity index (χ4v) is 2.75. The lowest BCUT2D eigenvalue weighted by Crippen LogP contribution is -2.47. The lowest BCUT2D eigenvalue weighted by Gasteiger charge is -2.33. The molecule has 0 spiro atoms. The Kier molecular flexibility index (Phi) is 7.38. The van der Waals surface area contributed by atoms with Crippen LogP contribution in [-0.4, -0.2) is 67.4 Å². The van der Waals surface area contributed by atoms with Gasteiger partial charge in [0.15, 0.2) is 0 Å². The van der Waals surface area contributed by atoms with E-state index in [0.29, 0.717) is 6.54 Å². The van der Waals surface area contributed by atoms with Crippen molar-refractivity contribution in [3.63, 3.8) is 0 Å². The van der Waals surface area contributed by atoms with E-state index in [-0.39, 0.29) is 23.3 Å². The van der Waals surface area contributed by atoms with Crippen LogP contribution in [0, 0.1) is 17.3 Å². The summed E-state index contributed by atoms with van der Waals surface area (Å²) >= 11 is 0. The van der Waals surface area contributed by atoms with Gasteiger partial charge < -0.3 is 14.7 Å². The van der Waals surface area contributed by atoms with Crippen molar-refractivity contribution in [3.8, 4) is 17.6 Å². The number of aliphatic hydroxyl groups excluding tert-OH is 1. The Morgan fingerprint density at radius 3 is 2.32 bits per heavy atom. The summed E-state index contributed by atoms with van der Waals surface area (Å²) in [6.45, 7) is 9.59. The second-order valence-electron chi connectivity index (χ2n) is 8.31. The maximum Gasteiger partial charge on any atom is 0.416 e. The number of ether oxygens (including phenoxy) is 1. The van der Waals surface area contributed by atoms with E-state index in [9.17, 15) is 18.3 Å². The number of rotatable bonds is 5. The number of alkyl halides is 3. The van der Waals surface area contributed by atoms with Crippen LogP contribution < -0.4 is 4.74 Å². The van der Waals surface area contributed by atoms with Gasteiger partial charge in [0.25, 0.3) is 0 Å². The van der Waals surface area contributed by atoms with Crippen molar-refractivity contribution in [1.82, 2.24) is 9.80 Å². The minimum atomic E-state index is -4.49. The first-order valence-electron chi connectivity index (χ1n) is 9.39. The smallest absolute Gasteiger partial charge is 0.416 e. The Hall–Kier alpha value is -1.75. The van der Waals surface area contributed by atoms with Crippen LogP contribution in [0.3, 0.4) is 0 Å². The summed E-state index contributed by atoms with van der Waals surface area (Å²) in [6.07, 6.45) is -5.27. The van der Waals surface area contributed by atoms with Crippen LogP contribution in [-0.2, 0) is 6.18 Å². The van der Waals surface area contributed by atoms with Gasteiger partial charge in [-0.1, -0.05) is 11.8 Å². The van der Waals surface area contributed by atoms with Gasteiger partial charge in [0.2, 0.25) is 0 Å². The third-order valence-corrected chi connectivity index (χ3v) is 4.32. The first-order chi connectivity index (χ1) is 12.9. The third-order valence-electron chi connectivity index (χ3n) is 4.32. The quantitative estimate of drug-likeness (QED) is 0.774. The maximum absolute atomic E-state index is 13.2. The van der Waals surface area contributed by atoms with Crippen LogP contribution in [0.1, 0.15) is 31.9 Å². The monoisotopic (exact) mass is 398 g/mol. The highest BCUT2D eigenvalue weighted by molar-refractivity contribution is 5.44. The van der Waals surface area contributed by atoms with E-state index in [1.165, 1.54) is 6.07 Å². The lowest BCUT2D eigenvalue weighted by atomic mass is 9.97. The van der Waals surface area contributed by atoms with Crippen molar-refractivity contribution in [2.45, 2.75) is 33.1 Å². The second-order valence-corrected chi connectivity index (χ2v) is 8.31.